The fourth-order valence-electron chi connectivity index (χ4n) is 1.98. The second-order valence-electron chi connectivity index (χ2n) is 4.67. The second-order valence-corrected chi connectivity index (χ2v) is 5.46. The SMILES string of the molecule is CC1(C)CC1(N)c1cccc(O)c1Br. The predicted molar refractivity (Wildman–Crippen MR) is 60.1 cm³/mol. The molecule has 3 heteroatoms. The van der Waals surface area contributed by atoms with Gasteiger partial charge in [0.05, 0.1) is 4.47 Å². The molecule has 0 heterocycles. The normalized spacial score (nSPS) is 28.9. The molecule has 0 aliphatic heterocycles. The van der Waals surface area contributed by atoms with Crippen molar-refractivity contribution in [2.75, 3.05) is 0 Å². The molecule has 1 unspecified atom stereocenters. The number of hydrogen-bond acceptors (Lipinski definition) is 2. The lowest BCUT2D eigenvalue weighted by atomic mass is 9.97. The minimum Gasteiger partial charge on any atom is -0.507 e. The molecule has 1 aromatic rings. The maximum Gasteiger partial charge on any atom is 0.130 e. The van der Waals surface area contributed by atoms with Crippen LogP contribution in [0.3, 0.4) is 0 Å². The molecule has 0 bridgehead atoms. The predicted octanol–water partition coefficient (Wildman–Crippen LogP) is 2.74. The summed E-state index contributed by atoms with van der Waals surface area (Å²) >= 11 is 3.38. The van der Waals surface area contributed by atoms with Crippen LogP contribution in [-0.4, -0.2) is 5.11 Å². The van der Waals surface area contributed by atoms with Crippen molar-refractivity contribution in [1.82, 2.24) is 0 Å². The number of nitrogens with two attached hydrogens (primary N) is 1. The molecule has 2 nitrogen and oxygen atoms in total. The van der Waals surface area contributed by atoms with Gasteiger partial charge in [0.25, 0.3) is 0 Å². The Morgan fingerprint density at radius 2 is 2.00 bits per heavy atom. The molecular weight excluding hydrogens is 242 g/mol. The van der Waals surface area contributed by atoms with Crippen molar-refractivity contribution >= 4 is 15.9 Å². The quantitative estimate of drug-likeness (QED) is 0.811. The number of hydrogen-bond donors (Lipinski definition) is 2. The lowest BCUT2D eigenvalue weighted by molar-refractivity contribution is 0.463. The number of phenols is 1. The van der Waals surface area contributed by atoms with Gasteiger partial charge in [-0.25, -0.2) is 0 Å². The number of benzene rings is 1. The summed E-state index contributed by atoms with van der Waals surface area (Å²) < 4.78 is 0.730. The van der Waals surface area contributed by atoms with Gasteiger partial charge in [-0.3, -0.25) is 0 Å². The Morgan fingerprint density at radius 1 is 1.43 bits per heavy atom. The molecule has 14 heavy (non-hydrogen) atoms. The van der Waals surface area contributed by atoms with Crippen molar-refractivity contribution in [3.8, 4) is 5.75 Å². The fraction of sp³-hybridized carbons (Fsp3) is 0.455. The number of halogens is 1. The molecule has 1 aliphatic carbocycles. The van der Waals surface area contributed by atoms with Crippen LogP contribution in [-0.2, 0) is 5.54 Å². The van der Waals surface area contributed by atoms with E-state index < -0.39 is 0 Å². The third-order valence-corrected chi connectivity index (χ3v) is 4.10. The molecule has 3 N–H and O–H groups in total. The zero-order chi connectivity index (χ0) is 10.6. The van der Waals surface area contributed by atoms with Gasteiger partial charge in [-0.1, -0.05) is 26.0 Å². The zero-order valence-corrected chi connectivity index (χ0v) is 9.93. The van der Waals surface area contributed by atoms with Crippen LogP contribution in [0.1, 0.15) is 25.8 Å². The van der Waals surface area contributed by atoms with Crippen LogP contribution in [0.15, 0.2) is 22.7 Å². The van der Waals surface area contributed by atoms with Gasteiger partial charge in [-0.05, 0) is 39.4 Å². The van der Waals surface area contributed by atoms with E-state index in [9.17, 15) is 5.11 Å². The Kier molecular flexibility index (Phi) is 1.95. The van der Waals surface area contributed by atoms with Gasteiger partial charge >= 0.3 is 0 Å². The molecule has 0 aromatic heterocycles. The van der Waals surface area contributed by atoms with Crippen LogP contribution in [0.25, 0.3) is 0 Å². The standard InChI is InChI=1S/C11H14BrNO/c1-10(2)6-11(10,13)7-4-3-5-8(14)9(7)12/h3-5,14H,6,13H2,1-2H3. The van der Waals surface area contributed by atoms with Crippen LogP contribution in [0.4, 0.5) is 0 Å². The Labute approximate surface area is 92.3 Å². The summed E-state index contributed by atoms with van der Waals surface area (Å²) in [4.78, 5) is 0. The van der Waals surface area contributed by atoms with E-state index in [1.165, 1.54) is 0 Å². The van der Waals surface area contributed by atoms with E-state index in [0.717, 1.165) is 16.5 Å². The molecule has 1 aliphatic rings. The van der Waals surface area contributed by atoms with Gasteiger partial charge in [0, 0.05) is 5.54 Å². The zero-order valence-electron chi connectivity index (χ0n) is 8.34. The summed E-state index contributed by atoms with van der Waals surface area (Å²) in [6.45, 7) is 4.28. The van der Waals surface area contributed by atoms with Gasteiger partial charge in [-0.15, -0.1) is 0 Å². The minimum absolute atomic E-state index is 0.128. The van der Waals surface area contributed by atoms with E-state index in [4.69, 9.17) is 5.73 Å². The molecule has 0 spiro atoms. The highest BCUT2D eigenvalue weighted by Crippen LogP contribution is 2.62. The van der Waals surface area contributed by atoms with Crippen molar-refractivity contribution in [3.05, 3.63) is 28.2 Å². The first-order valence-electron chi connectivity index (χ1n) is 4.65. The van der Waals surface area contributed by atoms with E-state index in [0.29, 0.717) is 0 Å². The van der Waals surface area contributed by atoms with E-state index >= 15 is 0 Å². The third-order valence-electron chi connectivity index (χ3n) is 3.26. The molecule has 0 amide bonds. The molecule has 76 valence electrons. The van der Waals surface area contributed by atoms with Gasteiger partial charge in [0.1, 0.15) is 5.75 Å². The molecule has 1 atom stereocenters. The van der Waals surface area contributed by atoms with Crippen LogP contribution in [0.5, 0.6) is 5.75 Å². The lowest BCUT2D eigenvalue weighted by Gasteiger charge is -2.17. The van der Waals surface area contributed by atoms with Crippen molar-refractivity contribution in [2.45, 2.75) is 25.8 Å². The molecule has 0 radical (unpaired) electrons. The first-order valence-corrected chi connectivity index (χ1v) is 5.45. The topological polar surface area (TPSA) is 46.2 Å². The average molecular weight is 256 g/mol. The molecule has 0 saturated heterocycles. The van der Waals surface area contributed by atoms with Crippen molar-refractivity contribution in [3.63, 3.8) is 0 Å². The summed E-state index contributed by atoms with van der Waals surface area (Å²) in [5.74, 6) is 0.259. The fourth-order valence-corrected chi connectivity index (χ4v) is 2.60. The highest BCUT2D eigenvalue weighted by molar-refractivity contribution is 9.10. The van der Waals surface area contributed by atoms with Gasteiger partial charge < -0.3 is 10.8 Å². The van der Waals surface area contributed by atoms with Gasteiger partial charge in [-0.2, -0.15) is 0 Å². The van der Waals surface area contributed by atoms with Gasteiger partial charge in [0.2, 0.25) is 0 Å². The van der Waals surface area contributed by atoms with Gasteiger partial charge in [0.15, 0.2) is 0 Å². The highest BCUT2D eigenvalue weighted by Gasteiger charge is 2.60. The monoisotopic (exact) mass is 255 g/mol. The van der Waals surface area contributed by atoms with E-state index in [1.54, 1.807) is 6.07 Å². The Morgan fingerprint density at radius 3 is 2.50 bits per heavy atom. The third kappa shape index (κ3) is 1.19. The second kappa shape index (κ2) is 2.74. The maximum absolute atomic E-state index is 9.56. The number of aromatic hydroxyl groups is 1. The van der Waals surface area contributed by atoms with Crippen molar-refractivity contribution in [1.29, 1.82) is 0 Å². The van der Waals surface area contributed by atoms with Crippen molar-refractivity contribution < 1.29 is 5.11 Å². The largest absolute Gasteiger partial charge is 0.507 e. The molecule has 1 saturated carbocycles. The summed E-state index contributed by atoms with van der Waals surface area (Å²) in [5, 5.41) is 9.56. The van der Waals surface area contributed by atoms with Crippen LogP contribution in [0, 0.1) is 5.41 Å². The first kappa shape index (κ1) is 9.99. The van der Waals surface area contributed by atoms with E-state index in [-0.39, 0.29) is 16.7 Å². The summed E-state index contributed by atoms with van der Waals surface area (Å²) in [6.07, 6.45) is 0.960. The molecule has 1 aromatic carbocycles. The van der Waals surface area contributed by atoms with Crippen LogP contribution in [0.2, 0.25) is 0 Å². The number of phenolic OH excluding ortho intramolecular Hbond substituents is 1. The van der Waals surface area contributed by atoms with Crippen molar-refractivity contribution in [2.24, 2.45) is 11.1 Å². The summed E-state index contributed by atoms with van der Waals surface area (Å²) in [6, 6.07) is 5.46. The number of rotatable bonds is 1. The summed E-state index contributed by atoms with van der Waals surface area (Å²) in [7, 11) is 0. The Hall–Kier alpha value is -0.540. The smallest absolute Gasteiger partial charge is 0.130 e. The Balaban J connectivity index is 2.49. The average Bonchev–Trinajstić information content (AvgIpc) is 2.58. The molecule has 1 fully saturated rings. The summed E-state index contributed by atoms with van der Waals surface area (Å²) in [5.41, 5.74) is 7.12. The minimum atomic E-state index is -0.287. The highest BCUT2D eigenvalue weighted by atomic mass is 79.9. The van der Waals surface area contributed by atoms with E-state index in [2.05, 4.69) is 29.8 Å². The van der Waals surface area contributed by atoms with Crippen LogP contribution < -0.4 is 5.73 Å². The Bertz CT molecular complexity index is 389. The van der Waals surface area contributed by atoms with Crippen LogP contribution >= 0.6 is 15.9 Å². The lowest BCUT2D eigenvalue weighted by Crippen LogP contribution is -2.25. The molecule has 2 rings (SSSR count). The maximum atomic E-state index is 9.56. The van der Waals surface area contributed by atoms with E-state index in [1.807, 2.05) is 12.1 Å². The molecular formula is C11H14BrNO. The first-order chi connectivity index (χ1) is 6.38.